The Morgan fingerprint density at radius 2 is 1.81 bits per heavy atom. The molecule has 0 radical (unpaired) electrons. The number of hydrogen-bond donors (Lipinski definition) is 1. The first-order valence-corrected chi connectivity index (χ1v) is 16.4. The van der Waals surface area contributed by atoms with E-state index in [2.05, 4.69) is 25.2 Å². The van der Waals surface area contributed by atoms with Crippen LogP contribution in [0.25, 0.3) is 12.2 Å². The molecule has 9 nitrogen and oxygen atoms in total. The van der Waals surface area contributed by atoms with E-state index in [1.54, 1.807) is 0 Å². The zero-order valence-corrected chi connectivity index (χ0v) is 28.0. The van der Waals surface area contributed by atoms with Crippen molar-refractivity contribution < 1.29 is 28.7 Å². The van der Waals surface area contributed by atoms with Crippen LogP contribution in [-0.2, 0) is 14.9 Å². The summed E-state index contributed by atoms with van der Waals surface area (Å²) in [7, 11) is 0. The second-order valence-corrected chi connectivity index (χ2v) is 13.6. The van der Waals surface area contributed by atoms with E-state index in [1.165, 1.54) is 34.4 Å². The van der Waals surface area contributed by atoms with Gasteiger partial charge >= 0.3 is 5.97 Å². The number of nitriles is 1. The zero-order valence-electron chi connectivity index (χ0n) is 27.1. The van der Waals surface area contributed by atoms with Gasteiger partial charge in [0, 0.05) is 22.4 Å². The molecular formula is C37H37N3O6S. The van der Waals surface area contributed by atoms with Gasteiger partial charge in [0.2, 0.25) is 0 Å². The highest BCUT2D eigenvalue weighted by Gasteiger charge is 2.36. The number of allylic oxidation sites excluding steroid dienone is 2. The summed E-state index contributed by atoms with van der Waals surface area (Å²) >= 11 is 1.34. The molecule has 1 N–H and O–H groups in total. The smallest absolute Gasteiger partial charge is 0.338 e. The van der Waals surface area contributed by atoms with Crippen molar-refractivity contribution in [2.45, 2.75) is 52.9 Å². The molecule has 2 aliphatic rings. The van der Waals surface area contributed by atoms with Crippen LogP contribution in [-0.4, -0.2) is 48.3 Å². The minimum Gasteiger partial charge on any atom is -0.494 e. The molecule has 1 aliphatic carbocycles. The number of hydrogen-bond acceptors (Lipinski definition) is 8. The lowest BCUT2D eigenvalue weighted by Crippen LogP contribution is -2.31. The topological polar surface area (TPSA) is 126 Å². The minimum atomic E-state index is -0.803. The number of ether oxygens (including phenoxy) is 2. The molecule has 242 valence electrons. The second-order valence-electron chi connectivity index (χ2n) is 12.6. The van der Waals surface area contributed by atoms with E-state index < -0.39 is 24.4 Å². The molecule has 0 saturated carbocycles. The Bertz CT molecular complexity index is 1840. The molecule has 2 heterocycles. The lowest BCUT2D eigenvalue weighted by molar-refractivity contribution is -0.119. The van der Waals surface area contributed by atoms with Crippen LogP contribution in [0.5, 0.6) is 5.75 Å². The average molecular weight is 652 g/mol. The maximum Gasteiger partial charge on any atom is 0.338 e. The van der Waals surface area contributed by atoms with Gasteiger partial charge in [-0.3, -0.25) is 19.3 Å². The highest BCUT2D eigenvalue weighted by molar-refractivity contribution is 7.17. The van der Waals surface area contributed by atoms with E-state index in [0.29, 0.717) is 36.1 Å². The zero-order chi connectivity index (χ0) is 33.9. The Morgan fingerprint density at radius 3 is 2.49 bits per heavy atom. The lowest BCUT2D eigenvalue weighted by atomic mass is 9.77. The number of anilines is 1. The molecule has 10 heteroatoms. The van der Waals surface area contributed by atoms with Crippen molar-refractivity contribution in [3.63, 3.8) is 0 Å². The number of imide groups is 1. The van der Waals surface area contributed by atoms with Crippen LogP contribution >= 0.6 is 11.3 Å². The minimum absolute atomic E-state index is 0.0606. The summed E-state index contributed by atoms with van der Waals surface area (Å²) in [6, 6.07) is 14.3. The maximum absolute atomic E-state index is 12.9. The van der Waals surface area contributed by atoms with Crippen LogP contribution in [0.2, 0.25) is 0 Å². The maximum atomic E-state index is 12.9. The number of rotatable bonds is 11. The number of thiophene rings is 1. The molecule has 2 aromatic carbocycles. The van der Waals surface area contributed by atoms with Gasteiger partial charge in [0.1, 0.15) is 16.8 Å². The Kier molecular flexibility index (Phi) is 9.77. The average Bonchev–Trinajstić information content (AvgIpc) is 3.51. The molecule has 47 heavy (non-hydrogen) atoms. The molecule has 0 saturated heterocycles. The number of esters is 1. The molecule has 0 bridgehead atoms. The van der Waals surface area contributed by atoms with Gasteiger partial charge in [-0.05, 0) is 73.2 Å². The SMILES string of the molecule is CCOc1ccc(C=CC2=Cc3c(sc(NC(=O)COC(=O)c4ccc5c(c4)C(=O)N(CCC(C)C)C5=O)c3C#N)C(C)(C)C2)cc1. The van der Waals surface area contributed by atoms with E-state index >= 15 is 0 Å². The standard InChI is InChI=1S/C37H37N3O6S/c1-6-45-26-12-9-23(10-13-26)7-8-24-17-28-30(20-38)33(47-32(28)37(4,5)19-24)39-31(41)21-46-36(44)25-11-14-27-29(18-25)35(43)40(34(27)42)16-15-22(2)3/h7-14,17-18,22H,6,15-16,19,21H2,1-5H3,(H,39,41). The highest BCUT2D eigenvalue weighted by Crippen LogP contribution is 2.47. The van der Waals surface area contributed by atoms with Gasteiger partial charge in [-0.15, -0.1) is 11.3 Å². The lowest BCUT2D eigenvalue weighted by Gasteiger charge is -2.29. The van der Waals surface area contributed by atoms with E-state index in [4.69, 9.17) is 9.47 Å². The quantitative estimate of drug-likeness (QED) is 0.171. The van der Waals surface area contributed by atoms with Gasteiger partial charge < -0.3 is 14.8 Å². The van der Waals surface area contributed by atoms with Crippen molar-refractivity contribution in [2.24, 2.45) is 5.92 Å². The first-order chi connectivity index (χ1) is 22.4. The van der Waals surface area contributed by atoms with Gasteiger partial charge in [-0.25, -0.2) is 4.79 Å². The van der Waals surface area contributed by atoms with Crippen molar-refractivity contribution >= 4 is 52.2 Å². The van der Waals surface area contributed by atoms with Crippen LogP contribution in [0.3, 0.4) is 0 Å². The fourth-order valence-corrected chi connectivity index (χ4v) is 6.89. The van der Waals surface area contributed by atoms with Crippen LogP contribution in [0, 0.1) is 17.2 Å². The van der Waals surface area contributed by atoms with Crippen molar-refractivity contribution in [1.82, 2.24) is 4.90 Å². The monoisotopic (exact) mass is 651 g/mol. The number of nitrogens with one attached hydrogen (secondary N) is 1. The van der Waals surface area contributed by atoms with E-state index in [1.807, 2.05) is 63.3 Å². The third kappa shape index (κ3) is 7.21. The normalized spacial score (nSPS) is 14.9. The van der Waals surface area contributed by atoms with Gasteiger partial charge in [0.25, 0.3) is 17.7 Å². The van der Waals surface area contributed by atoms with Crippen LogP contribution in [0.1, 0.15) is 100 Å². The van der Waals surface area contributed by atoms with Gasteiger partial charge in [-0.1, -0.05) is 52.0 Å². The summed E-state index contributed by atoms with van der Waals surface area (Å²) in [5, 5.41) is 13.2. The number of nitrogens with zero attached hydrogens (tertiary/aromatic N) is 2. The Morgan fingerprint density at radius 1 is 1.09 bits per heavy atom. The predicted molar refractivity (Wildman–Crippen MR) is 181 cm³/mol. The van der Waals surface area contributed by atoms with Crippen molar-refractivity contribution in [3.8, 4) is 11.8 Å². The summed E-state index contributed by atoms with van der Waals surface area (Å²) in [6.45, 7) is 10.5. The number of carbonyl (C=O) groups excluding carboxylic acids is 4. The Hall–Kier alpha value is -5.01. The summed E-state index contributed by atoms with van der Waals surface area (Å²) in [5.74, 6) is -1.10. The van der Waals surface area contributed by atoms with Crippen LogP contribution < -0.4 is 10.1 Å². The van der Waals surface area contributed by atoms with Gasteiger partial charge in [-0.2, -0.15) is 5.26 Å². The van der Waals surface area contributed by atoms with Crippen molar-refractivity contribution in [3.05, 3.63) is 92.4 Å². The largest absolute Gasteiger partial charge is 0.494 e. The Labute approximate surface area is 278 Å². The molecule has 1 aliphatic heterocycles. The predicted octanol–water partition coefficient (Wildman–Crippen LogP) is 7.23. The summed E-state index contributed by atoms with van der Waals surface area (Å²) in [5.41, 5.74) is 3.36. The molecule has 3 aromatic rings. The van der Waals surface area contributed by atoms with E-state index in [9.17, 15) is 24.4 Å². The molecule has 0 fully saturated rings. The fourth-order valence-electron chi connectivity index (χ4n) is 5.65. The molecule has 5 rings (SSSR count). The number of benzene rings is 2. The summed E-state index contributed by atoms with van der Waals surface area (Å²) < 4.78 is 10.8. The Balaban J connectivity index is 1.25. The second kappa shape index (κ2) is 13.8. The third-order valence-corrected chi connectivity index (χ3v) is 9.54. The summed E-state index contributed by atoms with van der Waals surface area (Å²) in [6.07, 6.45) is 7.47. The van der Waals surface area contributed by atoms with Crippen LogP contribution in [0.15, 0.2) is 54.1 Å². The molecule has 0 unspecified atom stereocenters. The number of fused-ring (bicyclic) bond motifs is 2. The van der Waals surface area contributed by atoms with Gasteiger partial charge in [0.05, 0.1) is 28.9 Å². The molecule has 0 atom stereocenters. The highest BCUT2D eigenvalue weighted by atomic mass is 32.1. The summed E-state index contributed by atoms with van der Waals surface area (Å²) in [4.78, 5) is 53.4. The fraction of sp³-hybridized carbons (Fsp3) is 0.324. The first-order valence-electron chi connectivity index (χ1n) is 15.6. The third-order valence-electron chi connectivity index (χ3n) is 8.05. The molecule has 3 amide bonds. The molecule has 1 aromatic heterocycles. The number of carbonyl (C=O) groups is 4. The molecular weight excluding hydrogens is 614 g/mol. The van der Waals surface area contributed by atoms with Crippen LogP contribution in [0.4, 0.5) is 5.00 Å². The first kappa shape index (κ1) is 33.4. The van der Waals surface area contributed by atoms with Gasteiger partial charge in [0.15, 0.2) is 6.61 Å². The van der Waals surface area contributed by atoms with Crippen molar-refractivity contribution in [1.29, 1.82) is 5.26 Å². The van der Waals surface area contributed by atoms with Crippen molar-refractivity contribution in [2.75, 3.05) is 25.1 Å². The van der Waals surface area contributed by atoms with E-state index in [-0.39, 0.29) is 28.0 Å². The van der Waals surface area contributed by atoms with E-state index in [0.717, 1.165) is 33.7 Å². The molecule has 0 spiro atoms. The number of amides is 3.